The maximum Gasteiger partial charge on any atom is 0.309 e. The van der Waals surface area contributed by atoms with Crippen molar-refractivity contribution in [3.8, 4) is 5.75 Å². The highest BCUT2D eigenvalue weighted by atomic mass is 16.5. The number of carbonyl (C=O) groups excluding carboxylic acids is 3. The van der Waals surface area contributed by atoms with Gasteiger partial charge in [0.1, 0.15) is 5.75 Å². The molecule has 172 valence electrons. The lowest BCUT2D eigenvalue weighted by Crippen LogP contribution is -2.46. The van der Waals surface area contributed by atoms with Gasteiger partial charge in [-0.15, -0.1) is 0 Å². The summed E-state index contributed by atoms with van der Waals surface area (Å²) < 4.78 is 10.3. The number of esters is 1. The highest BCUT2D eigenvalue weighted by Crippen LogP contribution is 2.26. The highest BCUT2D eigenvalue weighted by molar-refractivity contribution is 5.90. The Labute approximate surface area is 189 Å². The molecule has 2 aromatic carbocycles. The number of carbonyl (C=O) groups is 3. The fraction of sp³-hybridized carbons (Fsp3) is 0.480. The second kappa shape index (κ2) is 10.5. The number of ether oxygens (including phenoxy) is 2. The van der Waals surface area contributed by atoms with Gasteiger partial charge in [-0.05, 0) is 55.2 Å². The van der Waals surface area contributed by atoms with Gasteiger partial charge in [-0.3, -0.25) is 14.4 Å². The third-order valence-electron chi connectivity index (χ3n) is 6.16. The summed E-state index contributed by atoms with van der Waals surface area (Å²) in [7, 11) is 3.30. The van der Waals surface area contributed by atoms with Crippen molar-refractivity contribution < 1.29 is 23.9 Å². The molecular weight excluding hydrogens is 408 g/mol. The van der Waals surface area contributed by atoms with Gasteiger partial charge in [-0.2, -0.15) is 0 Å². The molecule has 0 saturated carbocycles. The predicted molar refractivity (Wildman–Crippen MR) is 122 cm³/mol. The fourth-order valence-electron chi connectivity index (χ4n) is 4.12. The van der Waals surface area contributed by atoms with Gasteiger partial charge in [0.15, 0.2) is 0 Å². The number of rotatable bonds is 7. The van der Waals surface area contributed by atoms with Gasteiger partial charge in [-0.1, -0.05) is 24.3 Å². The lowest BCUT2D eigenvalue weighted by Gasteiger charge is -2.32. The van der Waals surface area contributed by atoms with Crippen molar-refractivity contribution in [2.75, 3.05) is 40.4 Å². The van der Waals surface area contributed by atoms with E-state index in [2.05, 4.69) is 0 Å². The lowest BCUT2D eigenvalue weighted by atomic mass is 9.96. The molecule has 3 rings (SSSR count). The van der Waals surface area contributed by atoms with E-state index >= 15 is 0 Å². The van der Waals surface area contributed by atoms with Crippen LogP contribution in [0.1, 0.15) is 38.2 Å². The zero-order valence-electron chi connectivity index (χ0n) is 19.3. The molecule has 1 aliphatic rings. The first-order chi connectivity index (χ1) is 15.3. The van der Waals surface area contributed by atoms with E-state index in [0.29, 0.717) is 32.5 Å². The van der Waals surface area contributed by atoms with Crippen molar-refractivity contribution in [2.45, 2.75) is 32.6 Å². The molecule has 0 unspecified atom stereocenters. The van der Waals surface area contributed by atoms with Crippen molar-refractivity contribution in [3.63, 3.8) is 0 Å². The summed E-state index contributed by atoms with van der Waals surface area (Å²) >= 11 is 0. The molecular formula is C25H32N2O5. The number of likely N-dealkylation sites (tertiary alicyclic amines) is 1. The summed E-state index contributed by atoms with van der Waals surface area (Å²) in [5.41, 5.74) is 0.905. The van der Waals surface area contributed by atoms with Crippen molar-refractivity contribution in [3.05, 3.63) is 42.0 Å². The summed E-state index contributed by atoms with van der Waals surface area (Å²) in [6, 6.07) is 11.8. The average Bonchev–Trinajstić information content (AvgIpc) is 2.82. The number of likely N-dealkylation sites (N-methyl/N-ethyl adjacent to an activating group) is 1. The summed E-state index contributed by atoms with van der Waals surface area (Å²) in [4.78, 5) is 40.8. The van der Waals surface area contributed by atoms with E-state index in [9.17, 15) is 14.4 Å². The van der Waals surface area contributed by atoms with E-state index in [0.717, 1.165) is 22.1 Å². The molecule has 1 saturated heterocycles. The first-order valence-electron chi connectivity index (χ1n) is 11.1. The Hall–Kier alpha value is -3.09. The number of benzene rings is 2. The number of methoxy groups -OCH3 is 1. The minimum atomic E-state index is -0.367. The van der Waals surface area contributed by atoms with Gasteiger partial charge in [0.25, 0.3) is 0 Å². The highest BCUT2D eigenvalue weighted by Gasteiger charge is 2.29. The lowest BCUT2D eigenvalue weighted by molar-refractivity contribution is -0.151. The SMILES string of the molecule is CCOC(=O)C1CCN(C(=O)CN(C)C(=O)[C@@H](C)c2ccc3cc(OC)ccc3c2)CC1. The molecule has 0 N–H and O–H groups in total. The summed E-state index contributed by atoms with van der Waals surface area (Å²) in [5.74, 6) is -0.109. The number of hydrogen-bond acceptors (Lipinski definition) is 5. The van der Waals surface area contributed by atoms with E-state index in [1.165, 1.54) is 4.90 Å². The Morgan fingerprint density at radius 2 is 1.75 bits per heavy atom. The van der Waals surface area contributed by atoms with E-state index in [1.807, 2.05) is 43.3 Å². The minimum Gasteiger partial charge on any atom is -0.497 e. The van der Waals surface area contributed by atoms with Gasteiger partial charge in [0.2, 0.25) is 11.8 Å². The Kier molecular flexibility index (Phi) is 7.72. The molecule has 2 amide bonds. The Morgan fingerprint density at radius 3 is 2.41 bits per heavy atom. The van der Waals surface area contributed by atoms with Crippen LogP contribution in [0.25, 0.3) is 10.8 Å². The number of hydrogen-bond donors (Lipinski definition) is 0. The van der Waals surface area contributed by atoms with Crippen LogP contribution in [0.4, 0.5) is 0 Å². The van der Waals surface area contributed by atoms with Gasteiger partial charge in [0, 0.05) is 20.1 Å². The second-order valence-electron chi connectivity index (χ2n) is 8.30. The van der Waals surface area contributed by atoms with E-state index in [1.54, 1.807) is 26.0 Å². The molecule has 0 aliphatic carbocycles. The third kappa shape index (κ3) is 5.39. The van der Waals surface area contributed by atoms with Crippen LogP contribution >= 0.6 is 0 Å². The summed E-state index contributed by atoms with van der Waals surface area (Å²) in [6.45, 7) is 5.06. The van der Waals surface area contributed by atoms with E-state index in [4.69, 9.17) is 9.47 Å². The molecule has 1 heterocycles. The minimum absolute atomic E-state index is 0.0258. The maximum atomic E-state index is 13.0. The van der Waals surface area contributed by atoms with E-state index in [-0.39, 0.29) is 36.2 Å². The van der Waals surface area contributed by atoms with Crippen LogP contribution in [0.5, 0.6) is 5.75 Å². The van der Waals surface area contributed by atoms with Gasteiger partial charge in [0.05, 0.1) is 32.1 Å². The predicted octanol–water partition coefficient (Wildman–Crippen LogP) is 3.21. The Bertz CT molecular complexity index is 981. The topological polar surface area (TPSA) is 76.2 Å². The zero-order chi connectivity index (χ0) is 23.3. The van der Waals surface area contributed by atoms with Crippen LogP contribution in [-0.2, 0) is 19.1 Å². The second-order valence-corrected chi connectivity index (χ2v) is 8.30. The van der Waals surface area contributed by atoms with Crippen molar-refractivity contribution in [2.24, 2.45) is 5.92 Å². The maximum absolute atomic E-state index is 13.0. The van der Waals surface area contributed by atoms with Crippen LogP contribution in [0.3, 0.4) is 0 Å². The Balaban J connectivity index is 1.57. The fourth-order valence-corrected chi connectivity index (χ4v) is 4.12. The van der Waals surface area contributed by atoms with Crippen molar-refractivity contribution >= 4 is 28.6 Å². The first kappa shape index (κ1) is 23.6. The molecule has 32 heavy (non-hydrogen) atoms. The van der Waals surface area contributed by atoms with E-state index < -0.39 is 0 Å². The molecule has 7 nitrogen and oxygen atoms in total. The quantitative estimate of drug-likeness (QED) is 0.618. The molecule has 7 heteroatoms. The average molecular weight is 441 g/mol. The Morgan fingerprint density at radius 1 is 1.09 bits per heavy atom. The zero-order valence-corrected chi connectivity index (χ0v) is 19.3. The normalized spacial score (nSPS) is 15.3. The molecule has 0 spiro atoms. The van der Waals surface area contributed by atoms with Gasteiger partial charge >= 0.3 is 5.97 Å². The van der Waals surface area contributed by atoms with Crippen LogP contribution < -0.4 is 4.74 Å². The summed E-state index contributed by atoms with van der Waals surface area (Å²) in [6.07, 6.45) is 1.20. The molecule has 1 aliphatic heterocycles. The van der Waals surface area contributed by atoms with Gasteiger partial charge in [-0.25, -0.2) is 0 Å². The number of amides is 2. The van der Waals surface area contributed by atoms with Crippen LogP contribution in [-0.4, -0.2) is 68.0 Å². The third-order valence-corrected chi connectivity index (χ3v) is 6.16. The standard InChI is InChI=1S/C25H32N2O5/c1-5-32-25(30)18-10-12-27(13-11-18)23(28)16-26(3)24(29)17(2)19-6-7-21-15-22(31-4)9-8-20(21)14-19/h6-9,14-15,17-18H,5,10-13,16H2,1-4H3/t17-/m0/s1. The van der Waals surface area contributed by atoms with Gasteiger partial charge < -0.3 is 19.3 Å². The molecule has 1 fully saturated rings. The largest absolute Gasteiger partial charge is 0.497 e. The number of nitrogens with zero attached hydrogens (tertiary/aromatic N) is 2. The monoisotopic (exact) mass is 440 g/mol. The molecule has 0 radical (unpaired) electrons. The number of fused-ring (bicyclic) bond motifs is 1. The van der Waals surface area contributed by atoms with Crippen LogP contribution in [0.15, 0.2) is 36.4 Å². The molecule has 2 aromatic rings. The first-order valence-corrected chi connectivity index (χ1v) is 11.1. The van der Waals surface area contributed by atoms with Crippen LogP contribution in [0.2, 0.25) is 0 Å². The van der Waals surface area contributed by atoms with Crippen LogP contribution in [0, 0.1) is 5.92 Å². The number of piperidine rings is 1. The van der Waals surface area contributed by atoms with Crippen molar-refractivity contribution in [1.82, 2.24) is 9.80 Å². The molecule has 0 bridgehead atoms. The smallest absolute Gasteiger partial charge is 0.309 e. The van der Waals surface area contributed by atoms with Crippen molar-refractivity contribution in [1.29, 1.82) is 0 Å². The molecule has 0 aromatic heterocycles. The summed E-state index contributed by atoms with van der Waals surface area (Å²) in [5, 5.41) is 2.08. The molecule has 1 atom stereocenters.